The quantitative estimate of drug-likeness (QED) is 0.538. The number of nitrogens with one attached hydrogen (secondary N) is 3. The first-order chi connectivity index (χ1) is 13.1. The molecule has 0 aliphatic heterocycles. The van der Waals surface area contributed by atoms with Gasteiger partial charge in [-0.2, -0.15) is 4.98 Å². The minimum absolute atomic E-state index is 0. The second-order valence-electron chi connectivity index (χ2n) is 6.49. The molecule has 0 unspecified atom stereocenters. The van der Waals surface area contributed by atoms with Crippen LogP contribution in [0.5, 0.6) is 0 Å². The molecule has 0 saturated carbocycles. The van der Waals surface area contributed by atoms with Gasteiger partial charge < -0.3 is 15.5 Å². The molecule has 3 aromatic rings. The van der Waals surface area contributed by atoms with Gasteiger partial charge in [-0.05, 0) is 56.0 Å². The largest absolute Gasteiger partial charge is 0.370 e. The highest BCUT2D eigenvalue weighted by Gasteiger charge is 2.06. The summed E-state index contributed by atoms with van der Waals surface area (Å²) < 4.78 is 0. The molecule has 1 heterocycles. The van der Waals surface area contributed by atoms with Crippen LogP contribution in [0.2, 0.25) is 0 Å². The minimum Gasteiger partial charge on any atom is -0.370 e. The van der Waals surface area contributed by atoms with Crippen molar-refractivity contribution in [1.29, 1.82) is 0 Å². The molecule has 7 heteroatoms. The predicted octanol–water partition coefficient (Wildman–Crippen LogP) is 4.38. The number of benzene rings is 2. The Hall–Kier alpha value is -3.19. The lowest BCUT2D eigenvalue weighted by atomic mass is 10.1. The Bertz CT molecular complexity index is 926. The van der Waals surface area contributed by atoms with E-state index in [9.17, 15) is 4.79 Å². The van der Waals surface area contributed by atoms with E-state index in [0.717, 1.165) is 30.3 Å². The maximum atomic E-state index is 12.2. The van der Waals surface area contributed by atoms with Crippen LogP contribution in [0, 0.1) is 0 Å². The van der Waals surface area contributed by atoms with Crippen molar-refractivity contribution in [2.45, 2.75) is 6.42 Å². The Morgan fingerprint density at radius 2 is 1.89 bits per heavy atom. The first-order valence-corrected chi connectivity index (χ1v) is 8.88. The highest BCUT2D eigenvalue weighted by Crippen LogP contribution is 2.19. The van der Waals surface area contributed by atoms with Gasteiger partial charge in [0.15, 0.2) is 0 Å². The smallest absolute Gasteiger partial charge is 0.326 e. The molecule has 0 aliphatic rings. The molecule has 0 radical (unpaired) electrons. The minimum atomic E-state index is -0.380. The highest BCUT2D eigenvalue weighted by atomic mass is 16.2. The van der Waals surface area contributed by atoms with Crippen LogP contribution in [0.25, 0.3) is 10.8 Å². The average Bonchev–Trinajstić information content (AvgIpc) is 2.65. The third-order valence-electron chi connectivity index (χ3n) is 3.98. The molecule has 3 N–H and O–H groups in total. The van der Waals surface area contributed by atoms with E-state index in [2.05, 4.69) is 30.8 Å². The van der Waals surface area contributed by atoms with Crippen LogP contribution in [0.1, 0.15) is 10.7 Å². The van der Waals surface area contributed by atoms with Gasteiger partial charge >= 0.3 is 6.03 Å². The van der Waals surface area contributed by atoms with Crippen molar-refractivity contribution in [3.05, 3.63) is 54.7 Å². The highest BCUT2D eigenvalue weighted by molar-refractivity contribution is 6.00. The molecular formula is C20H30N6O. The maximum Gasteiger partial charge on any atom is 0.326 e. The van der Waals surface area contributed by atoms with E-state index in [1.54, 1.807) is 12.3 Å². The van der Waals surface area contributed by atoms with Gasteiger partial charge in [0.2, 0.25) is 5.95 Å². The number of hydrogen-bond acceptors (Lipinski definition) is 5. The van der Waals surface area contributed by atoms with Crippen molar-refractivity contribution >= 4 is 34.3 Å². The Morgan fingerprint density at radius 1 is 1.07 bits per heavy atom. The summed E-state index contributed by atoms with van der Waals surface area (Å²) in [5.74, 6) is 0.940. The zero-order chi connectivity index (χ0) is 19.1. The first kappa shape index (κ1) is 18.6. The fourth-order valence-electron chi connectivity index (χ4n) is 2.66. The number of nitrogens with zero attached hydrogens (tertiary/aromatic N) is 3. The van der Waals surface area contributed by atoms with Crippen molar-refractivity contribution in [3.63, 3.8) is 0 Å². The standard InChI is InChI=1S/C20H24N6O.3H2/c1-26(2)13-5-11-21-18-10-12-22-19(24-18)25-20(27)23-17-9-8-15-6-3-4-7-16(15)14-17;;;/h3-4,6-10,12,14H,5,11,13H2,1-2H3,(H3,21,22,23,24,25,27);3*1H. The number of aromatic nitrogens is 2. The molecule has 0 bridgehead atoms. The van der Waals surface area contributed by atoms with Gasteiger partial charge in [0.1, 0.15) is 5.82 Å². The van der Waals surface area contributed by atoms with Crippen LogP contribution in [-0.2, 0) is 0 Å². The van der Waals surface area contributed by atoms with Gasteiger partial charge in [-0.15, -0.1) is 0 Å². The number of amides is 2. The molecule has 0 atom stereocenters. The Kier molecular flexibility index (Phi) is 6.17. The lowest BCUT2D eigenvalue weighted by Gasteiger charge is -2.11. The van der Waals surface area contributed by atoms with Crippen LogP contribution in [0.3, 0.4) is 0 Å². The lowest BCUT2D eigenvalue weighted by Crippen LogP contribution is -2.21. The fraction of sp³-hybridized carbons (Fsp3) is 0.250. The summed E-state index contributed by atoms with van der Waals surface area (Å²) in [6.07, 6.45) is 2.62. The van der Waals surface area contributed by atoms with Gasteiger partial charge in [-0.3, -0.25) is 5.32 Å². The summed E-state index contributed by atoms with van der Waals surface area (Å²) in [5, 5.41) is 10.9. The molecule has 0 aliphatic carbocycles. The molecule has 2 amide bonds. The van der Waals surface area contributed by atoms with E-state index in [0.29, 0.717) is 11.5 Å². The third-order valence-corrected chi connectivity index (χ3v) is 3.98. The molecule has 0 fully saturated rings. The summed E-state index contributed by atoms with van der Waals surface area (Å²) in [6, 6.07) is 15.2. The molecule has 7 nitrogen and oxygen atoms in total. The van der Waals surface area contributed by atoms with E-state index < -0.39 is 0 Å². The molecule has 0 saturated heterocycles. The average molecular weight is 371 g/mol. The van der Waals surface area contributed by atoms with Crippen LogP contribution in [-0.4, -0.2) is 48.1 Å². The van der Waals surface area contributed by atoms with Gasteiger partial charge in [-0.1, -0.05) is 30.3 Å². The number of fused-ring (bicyclic) bond motifs is 1. The number of rotatable bonds is 7. The number of carbonyl (C=O) groups is 1. The normalized spacial score (nSPS) is 10.8. The summed E-state index contributed by atoms with van der Waals surface area (Å²) in [5.41, 5.74) is 0.712. The SMILES string of the molecule is CN(C)CCCNc1ccnc(NC(=O)Nc2ccc3ccccc3c2)n1.[HH].[HH].[HH]. The lowest BCUT2D eigenvalue weighted by molar-refractivity contribution is 0.262. The maximum absolute atomic E-state index is 12.2. The zero-order valence-corrected chi connectivity index (χ0v) is 15.6. The molecule has 1 aromatic heterocycles. The van der Waals surface area contributed by atoms with Crippen molar-refractivity contribution in [3.8, 4) is 0 Å². The van der Waals surface area contributed by atoms with Crippen molar-refractivity contribution < 1.29 is 9.07 Å². The number of urea groups is 1. The molecule has 2 aromatic carbocycles. The molecule has 3 rings (SSSR count). The second-order valence-corrected chi connectivity index (χ2v) is 6.49. The molecule has 27 heavy (non-hydrogen) atoms. The van der Waals surface area contributed by atoms with Gasteiger partial charge in [0, 0.05) is 22.7 Å². The third kappa shape index (κ3) is 5.65. The summed E-state index contributed by atoms with van der Waals surface area (Å²) in [4.78, 5) is 22.8. The summed E-state index contributed by atoms with van der Waals surface area (Å²) in [6.45, 7) is 1.80. The van der Waals surface area contributed by atoms with E-state index in [4.69, 9.17) is 0 Å². The Labute approximate surface area is 163 Å². The second kappa shape index (κ2) is 8.95. The van der Waals surface area contributed by atoms with Crippen LogP contribution in [0.15, 0.2) is 54.7 Å². The number of carbonyl (C=O) groups excluding carboxylic acids is 1. The molecule has 0 spiro atoms. The Morgan fingerprint density at radius 3 is 2.70 bits per heavy atom. The first-order valence-electron chi connectivity index (χ1n) is 8.88. The van der Waals surface area contributed by atoms with Gasteiger partial charge in [-0.25, -0.2) is 9.78 Å². The molecular weight excluding hydrogens is 340 g/mol. The van der Waals surface area contributed by atoms with Crippen LogP contribution >= 0.6 is 0 Å². The van der Waals surface area contributed by atoms with E-state index >= 15 is 0 Å². The monoisotopic (exact) mass is 370 g/mol. The van der Waals surface area contributed by atoms with E-state index in [1.165, 1.54) is 0 Å². The topological polar surface area (TPSA) is 82.2 Å². The molecule has 146 valence electrons. The number of hydrogen-bond donors (Lipinski definition) is 3. The van der Waals surface area contributed by atoms with Gasteiger partial charge in [0.05, 0.1) is 0 Å². The van der Waals surface area contributed by atoms with E-state index in [1.807, 2.05) is 56.6 Å². The zero-order valence-electron chi connectivity index (χ0n) is 15.6. The Balaban J connectivity index is 0.00000280. The van der Waals surface area contributed by atoms with Crippen molar-refractivity contribution in [1.82, 2.24) is 14.9 Å². The number of anilines is 3. The van der Waals surface area contributed by atoms with Crippen molar-refractivity contribution in [2.75, 3.05) is 43.1 Å². The summed E-state index contributed by atoms with van der Waals surface area (Å²) in [7, 11) is 4.09. The summed E-state index contributed by atoms with van der Waals surface area (Å²) >= 11 is 0. The van der Waals surface area contributed by atoms with Gasteiger partial charge in [0.25, 0.3) is 0 Å². The van der Waals surface area contributed by atoms with Crippen molar-refractivity contribution in [2.24, 2.45) is 0 Å². The van der Waals surface area contributed by atoms with E-state index in [-0.39, 0.29) is 16.3 Å². The van der Waals surface area contributed by atoms with Crippen LogP contribution in [0.4, 0.5) is 22.2 Å². The van der Waals surface area contributed by atoms with Crippen LogP contribution < -0.4 is 16.0 Å². The fourth-order valence-corrected chi connectivity index (χ4v) is 2.66. The predicted molar refractivity (Wildman–Crippen MR) is 117 cm³/mol.